The molecule has 0 radical (unpaired) electrons. The van der Waals surface area contributed by atoms with Gasteiger partial charge in [0.15, 0.2) is 0 Å². The summed E-state index contributed by atoms with van der Waals surface area (Å²) in [6.45, 7) is 2.85. The number of fused-ring (bicyclic) bond motifs is 1. The molecule has 148 valence electrons. The van der Waals surface area contributed by atoms with Gasteiger partial charge in [-0.25, -0.2) is 0 Å². The molecule has 2 aromatic carbocycles. The van der Waals surface area contributed by atoms with Crippen LogP contribution in [0.1, 0.15) is 42.4 Å². The standard InChI is InChI=1S/C24H29ClN2O/c25-23-10-4-3-9-21(23)16-26-24(28)12-11-18-6-5-13-27(17-18)22-14-19-7-1-2-8-20(19)15-22/h1-4,7-10,18,22H,5-6,11-17H2,(H,26,28)/t18-/m0/s1. The Bertz CT molecular complexity index is 797. The first-order valence-corrected chi connectivity index (χ1v) is 10.9. The van der Waals surface area contributed by atoms with Crippen molar-refractivity contribution >= 4 is 17.5 Å². The van der Waals surface area contributed by atoms with E-state index in [-0.39, 0.29) is 5.91 Å². The number of amides is 1. The second-order valence-electron chi connectivity index (χ2n) is 8.24. The topological polar surface area (TPSA) is 32.3 Å². The summed E-state index contributed by atoms with van der Waals surface area (Å²) in [5, 5.41) is 3.73. The molecule has 0 bridgehead atoms. The summed E-state index contributed by atoms with van der Waals surface area (Å²) in [5.74, 6) is 0.758. The second kappa shape index (κ2) is 9.11. The summed E-state index contributed by atoms with van der Waals surface area (Å²) in [5.41, 5.74) is 4.02. The van der Waals surface area contributed by atoms with Crippen LogP contribution in [-0.2, 0) is 24.2 Å². The monoisotopic (exact) mass is 396 g/mol. The average Bonchev–Trinajstić information content (AvgIpc) is 3.16. The Hall–Kier alpha value is -1.84. The fourth-order valence-electron chi connectivity index (χ4n) is 4.72. The van der Waals surface area contributed by atoms with E-state index in [1.54, 1.807) is 0 Å². The van der Waals surface area contributed by atoms with Crippen molar-refractivity contribution in [2.24, 2.45) is 5.92 Å². The van der Waals surface area contributed by atoms with Crippen molar-refractivity contribution in [2.45, 2.75) is 51.1 Å². The number of hydrogen-bond acceptors (Lipinski definition) is 2. The third-order valence-electron chi connectivity index (χ3n) is 6.31. The first-order chi connectivity index (χ1) is 13.7. The quantitative estimate of drug-likeness (QED) is 0.772. The van der Waals surface area contributed by atoms with Crippen LogP contribution in [0.2, 0.25) is 5.02 Å². The zero-order chi connectivity index (χ0) is 19.3. The van der Waals surface area contributed by atoms with Gasteiger partial charge in [-0.05, 0) is 67.3 Å². The summed E-state index contributed by atoms with van der Waals surface area (Å²) in [6.07, 6.45) is 6.44. The lowest BCUT2D eigenvalue weighted by Crippen LogP contribution is -2.43. The molecule has 4 rings (SSSR count). The minimum Gasteiger partial charge on any atom is -0.352 e. The van der Waals surface area contributed by atoms with Crippen molar-refractivity contribution in [1.82, 2.24) is 10.2 Å². The molecule has 1 amide bonds. The predicted octanol–water partition coefficient (Wildman–Crippen LogP) is 4.62. The van der Waals surface area contributed by atoms with Crippen molar-refractivity contribution in [1.29, 1.82) is 0 Å². The van der Waals surface area contributed by atoms with Crippen LogP contribution in [0.5, 0.6) is 0 Å². The van der Waals surface area contributed by atoms with Crippen LogP contribution in [0, 0.1) is 5.92 Å². The number of rotatable bonds is 6. The molecule has 2 aliphatic rings. The minimum atomic E-state index is 0.130. The number of carbonyl (C=O) groups is 1. The van der Waals surface area contributed by atoms with E-state index in [1.165, 1.54) is 43.4 Å². The SMILES string of the molecule is O=C(CC[C@@H]1CCCN(C2Cc3ccccc3C2)C1)NCc1ccccc1Cl. The van der Waals surface area contributed by atoms with E-state index in [9.17, 15) is 4.79 Å². The lowest BCUT2D eigenvalue weighted by molar-refractivity contribution is -0.121. The van der Waals surface area contributed by atoms with Gasteiger partial charge < -0.3 is 5.32 Å². The van der Waals surface area contributed by atoms with E-state index in [4.69, 9.17) is 11.6 Å². The van der Waals surface area contributed by atoms with Gasteiger partial charge in [0, 0.05) is 30.6 Å². The molecule has 1 atom stereocenters. The lowest BCUT2D eigenvalue weighted by Gasteiger charge is -2.36. The molecule has 2 aromatic rings. The van der Waals surface area contributed by atoms with Gasteiger partial charge in [-0.3, -0.25) is 9.69 Å². The Kier molecular flexibility index (Phi) is 6.33. The molecular formula is C24H29ClN2O. The number of benzene rings is 2. The van der Waals surface area contributed by atoms with E-state index in [2.05, 4.69) is 34.5 Å². The summed E-state index contributed by atoms with van der Waals surface area (Å²) in [4.78, 5) is 15.0. The van der Waals surface area contributed by atoms with Gasteiger partial charge >= 0.3 is 0 Å². The van der Waals surface area contributed by atoms with Gasteiger partial charge in [0.05, 0.1) is 0 Å². The Labute approximate surface area is 173 Å². The van der Waals surface area contributed by atoms with Crippen molar-refractivity contribution in [3.05, 3.63) is 70.2 Å². The number of piperidine rings is 1. The number of likely N-dealkylation sites (tertiary alicyclic amines) is 1. The van der Waals surface area contributed by atoms with Gasteiger partial charge in [-0.1, -0.05) is 54.1 Å². The van der Waals surface area contributed by atoms with E-state index in [1.807, 2.05) is 24.3 Å². The molecular weight excluding hydrogens is 368 g/mol. The molecule has 0 spiro atoms. The molecule has 4 heteroatoms. The Morgan fingerprint density at radius 3 is 2.54 bits per heavy atom. The maximum Gasteiger partial charge on any atom is 0.220 e. The smallest absolute Gasteiger partial charge is 0.220 e. The van der Waals surface area contributed by atoms with Crippen LogP contribution >= 0.6 is 11.6 Å². The van der Waals surface area contributed by atoms with E-state index >= 15 is 0 Å². The van der Waals surface area contributed by atoms with Crippen molar-refractivity contribution in [3.63, 3.8) is 0 Å². The summed E-state index contributed by atoms with van der Waals surface area (Å²) in [7, 11) is 0. The molecule has 28 heavy (non-hydrogen) atoms. The third-order valence-corrected chi connectivity index (χ3v) is 6.68. The molecule has 0 saturated carbocycles. The van der Waals surface area contributed by atoms with Crippen molar-refractivity contribution in [2.75, 3.05) is 13.1 Å². The first kappa shape index (κ1) is 19.5. The maximum atomic E-state index is 12.3. The summed E-state index contributed by atoms with van der Waals surface area (Å²) >= 11 is 6.16. The normalized spacial score (nSPS) is 20.1. The molecule has 1 fully saturated rings. The average molecular weight is 397 g/mol. The predicted molar refractivity (Wildman–Crippen MR) is 114 cm³/mol. The van der Waals surface area contributed by atoms with Gasteiger partial charge in [0.2, 0.25) is 5.91 Å². The maximum absolute atomic E-state index is 12.3. The summed E-state index contributed by atoms with van der Waals surface area (Å²) < 4.78 is 0. The number of nitrogens with zero attached hydrogens (tertiary/aromatic N) is 1. The fourth-order valence-corrected chi connectivity index (χ4v) is 4.92. The van der Waals surface area contributed by atoms with Crippen LogP contribution in [0.25, 0.3) is 0 Å². The molecule has 1 heterocycles. The summed E-state index contributed by atoms with van der Waals surface area (Å²) in [6, 6.07) is 17.2. The van der Waals surface area contributed by atoms with Gasteiger partial charge in [-0.2, -0.15) is 0 Å². The van der Waals surface area contributed by atoms with Crippen LogP contribution in [0.4, 0.5) is 0 Å². The van der Waals surface area contributed by atoms with Crippen molar-refractivity contribution < 1.29 is 4.79 Å². The molecule has 1 N–H and O–H groups in total. The highest BCUT2D eigenvalue weighted by Crippen LogP contribution is 2.30. The molecule has 3 nitrogen and oxygen atoms in total. The molecule has 1 aliphatic carbocycles. The van der Waals surface area contributed by atoms with Crippen LogP contribution in [-0.4, -0.2) is 29.9 Å². The highest BCUT2D eigenvalue weighted by Gasteiger charge is 2.30. The number of nitrogens with one attached hydrogen (secondary N) is 1. The Morgan fingerprint density at radius 2 is 1.79 bits per heavy atom. The van der Waals surface area contributed by atoms with E-state index < -0.39 is 0 Å². The molecule has 0 aromatic heterocycles. The van der Waals surface area contributed by atoms with Crippen molar-refractivity contribution in [3.8, 4) is 0 Å². The molecule has 1 aliphatic heterocycles. The number of hydrogen-bond donors (Lipinski definition) is 1. The number of carbonyl (C=O) groups excluding carboxylic acids is 1. The van der Waals surface area contributed by atoms with Gasteiger partial charge in [-0.15, -0.1) is 0 Å². The third kappa shape index (κ3) is 4.76. The highest BCUT2D eigenvalue weighted by molar-refractivity contribution is 6.31. The largest absolute Gasteiger partial charge is 0.352 e. The number of halogens is 1. The zero-order valence-electron chi connectivity index (χ0n) is 16.4. The Morgan fingerprint density at radius 1 is 1.07 bits per heavy atom. The lowest BCUT2D eigenvalue weighted by atomic mass is 9.92. The first-order valence-electron chi connectivity index (χ1n) is 10.5. The van der Waals surface area contributed by atoms with Crippen LogP contribution in [0.3, 0.4) is 0 Å². The molecule has 1 saturated heterocycles. The molecule has 0 unspecified atom stereocenters. The van der Waals surface area contributed by atoms with Gasteiger partial charge in [0.1, 0.15) is 0 Å². The minimum absolute atomic E-state index is 0.130. The highest BCUT2D eigenvalue weighted by atomic mass is 35.5. The second-order valence-corrected chi connectivity index (χ2v) is 8.65. The van der Waals surface area contributed by atoms with Crippen LogP contribution < -0.4 is 5.32 Å². The van der Waals surface area contributed by atoms with Gasteiger partial charge in [0.25, 0.3) is 0 Å². The van der Waals surface area contributed by atoms with E-state index in [0.717, 1.165) is 18.5 Å². The fraction of sp³-hybridized carbons (Fsp3) is 0.458. The Balaban J connectivity index is 1.22. The van der Waals surface area contributed by atoms with Crippen LogP contribution in [0.15, 0.2) is 48.5 Å². The zero-order valence-corrected chi connectivity index (χ0v) is 17.1. The van der Waals surface area contributed by atoms with E-state index in [0.29, 0.717) is 29.9 Å².